The second kappa shape index (κ2) is 9.46. The third-order valence-corrected chi connectivity index (χ3v) is 8.41. The molecular weight excluding hydrogens is 446 g/mol. The summed E-state index contributed by atoms with van der Waals surface area (Å²) in [7, 11) is -3.22. The van der Waals surface area contributed by atoms with E-state index in [0.29, 0.717) is 24.6 Å². The number of carbonyl (C=O) groups excluding carboxylic acids is 1. The van der Waals surface area contributed by atoms with Gasteiger partial charge in [0.15, 0.2) is 15.0 Å². The minimum absolute atomic E-state index is 0.0569. The molecule has 4 rings (SSSR count). The third kappa shape index (κ3) is 4.88. The number of carbonyl (C=O) groups is 1. The highest BCUT2D eigenvalue weighted by Crippen LogP contribution is 2.32. The molecule has 32 heavy (non-hydrogen) atoms. The normalized spacial score (nSPS) is 14.7. The van der Waals surface area contributed by atoms with E-state index in [1.54, 1.807) is 42.5 Å². The van der Waals surface area contributed by atoms with E-state index in [9.17, 15) is 13.2 Å². The van der Waals surface area contributed by atoms with Gasteiger partial charge in [0, 0.05) is 26.2 Å². The van der Waals surface area contributed by atoms with Gasteiger partial charge >= 0.3 is 0 Å². The van der Waals surface area contributed by atoms with Crippen molar-refractivity contribution in [3.05, 3.63) is 48.0 Å². The smallest absolute Gasteiger partial charge is 0.227 e. The number of nitrogens with zero attached hydrogens (tertiary/aromatic N) is 3. The van der Waals surface area contributed by atoms with Gasteiger partial charge in [-0.25, -0.2) is 13.4 Å². The molecule has 7 nitrogen and oxygen atoms in total. The van der Waals surface area contributed by atoms with Crippen LogP contribution in [0.15, 0.2) is 47.4 Å². The van der Waals surface area contributed by atoms with Crippen LogP contribution in [0.2, 0.25) is 0 Å². The first-order valence-electron chi connectivity index (χ1n) is 10.8. The fraction of sp³-hybridized carbons (Fsp3) is 0.391. The van der Waals surface area contributed by atoms with Crippen molar-refractivity contribution in [3.8, 4) is 5.75 Å². The molecule has 1 saturated heterocycles. The summed E-state index contributed by atoms with van der Waals surface area (Å²) in [5.41, 5.74) is 1.78. The summed E-state index contributed by atoms with van der Waals surface area (Å²) >= 11 is 1.64. The molecule has 3 aromatic rings. The summed E-state index contributed by atoms with van der Waals surface area (Å²) in [6.45, 7) is 6.97. The van der Waals surface area contributed by atoms with Crippen LogP contribution in [-0.2, 0) is 21.1 Å². The Kier molecular flexibility index (Phi) is 6.66. The maximum Gasteiger partial charge on any atom is 0.227 e. The van der Waals surface area contributed by atoms with Gasteiger partial charge in [0.25, 0.3) is 0 Å². The molecule has 170 valence electrons. The zero-order chi connectivity index (χ0) is 22.7. The number of rotatable bonds is 7. The number of hydrogen-bond acceptors (Lipinski definition) is 7. The standard InChI is InChI=1S/C23H27N3O4S2/c1-3-30-18-7-10-20-21(16-18)31-23(24-20)26-13-11-25(12-14-26)22(27)15-17-5-8-19(9-6-17)32(28,29)4-2/h5-10,16H,3-4,11-15H2,1-2H3. The maximum absolute atomic E-state index is 12.8. The molecule has 0 saturated carbocycles. The van der Waals surface area contributed by atoms with E-state index < -0.39 is 9.84 Å². The first-order valence-corrected chi connectivity index (χ1v) is 13.2. The van der Waals surface area contributed by atoms with E-state index in [2.05, 4.69) is 4.90 Å². The fourth-order valence-electron chi connectivity index (χ4n) is 3.70. The SMILES string of the molecule is CCOc1ccc2nc(N3CCN(C(=O)Cc4ccc(S(=O)(=O)CC)cc4)CC3)sc2c1. The Bertz CT molecular complexity index is 1200. The Morgan fingerprint density at radius 2 is 1.78 bits per heavy atom. The zero-order valence-corrected chi connectivity index (χ0v) is 19.9. The highest BCUT2D eigenvalue weighted by atomic mass is 32.2. The minimum atomic E-state index is -3.22. The van der Waals surface area contributed by atoms with Gasteiger partial charge in [-0.2, -0.15) is 0 Å². The molecule has 9 heteroatoms. The van der Waals surface area contributed by atoms with Crippen LogP contribution in [-0.4, -0.2) is 62.7 Å². The van der Waals surface area contributed by atoms with Gasteiger partial charge in [-0.3, -0.25) is 4.79 Å². The van der Waals surface area contributed by atoms with Crippen LogP contribution in [0, 0.1) is 0 Å². The molecule has 0 spiro atoms. The zero-order valence-electron chi connectivity index (χ0n) is 18.3. The van der Waals surface area contributed by atoms with E-state index in [1.807, 2.05) is 30.0 Å². The number of thiazole rings is 1. The Balaban J connectivity index is 1.35. The number of ether oxygens (including phenoxy) is 1. The number of piperazine rings is 1. The highest BCUT2D eigenvalue weighted by Gasteiger charge is 2.23. The summed E-state index contributed by atoms with van der Waals surface area (Å²) in [5.74, 6) is 0.977. The number of sulfone groups is 1. The van der Waals surface area contributed by atoms with E-state index in [1.165, 1.54) is 0 Å². The van der Waals surface area contributed by atoms with Crippen molar-refractivity contribution in [2.24, 2.45) is 0 Å². The maximum atomic E-state index is 12.8. The molecule has 0 radical (unpaired) electrons. The van der Waals surface area contributed by atoms with Gasteiger partial charge in [0.05, 0.1) is 33.9 Å². The van der Waals surface area contributed by atoms with Crippen LogP contribution in [0.3, 0.4) is 0 Å². The first-order chi connectivity index (χ1) is 15.4. The number of aromatic nitrogens is 1. The molecule has 1 aliphatic rings. The number of anilines is 1. The average molecular weight is 474 g/mol. The fourth-order valence-corrected chi connectivity index (χ4v) is 5.63. The second-order valence-corrected chi connectivity index (χ2v) is 10.9. The van der Waals surface area contributed by atoms with Crippen LogP contribution in [0.5, 0.6) is 5.75 Å². The molecule has 1 aliphatic heterocycles. The monoisotopic (exact) mass is 473 g/mol. The summed E-state index contributed by atoms with van der Waals surface area (Å²) in [5, 5.41) is 0.966. The molecule has 0 atom stereocenters. The lowest BCUT2D eigenvalue weighted by molar-refractivity contribution is -0.130. The lowest BCUT2D eigenvalue weighted by Crippen LogP contribution is -2.49. The summed E-state index contributed by atoms with van der Waals surface area (Å²) < 4.78 is 30.6. The molecule has 0 N–H and O–H groups in total. The predicted molar refractivity (Wildman–Crippen MR) is 127 cm³/mol. The number of amides is 1. The number of hydrogen-bond donors (Lipinski definition) is 0. The van der Waals surface area contributed by atoms with Gasteiger partial charge in [-0.15, -0.1) is 0 Å². The van der Waals surface area contributed by atoms with Crippen LogP contribution in [0.25, 0.3) is 10.2 Å². The lowest BCUT2D eigenvalue weighted by Gasteiger charge is -2.34. The Morgan fingerprint density at radius 3 is 2.44 bits per heavy atom. The third-order valence-electron chi connectivity index (χ3n) is 5.58. The van der Waals surface area contributed by atoms with Crippen LogP contribution in [0.1, 0.15) is 19.4 Å². The molecule has 2 heterocycles. The van der Waals surface area contributed by atoms with Crippen molar-refractivity contribution < 1.29 is 17.9 Å². The van der Waals surface area contributed by atoms with Gasteiger partial charge in [0.1, 0.15) is 5.75 Å². The number of benzene rings is 2. The Hall–Kier alpha value is -2.65. The van der Waals surface area contributed by atoms with Crippen molar-refractivity contribution >= 4 is 42.4 Å². The predicted octanol–water partition coefficient (Wildman–Crippen LogP) is 3.38. The quantitative estimate of drug-likeness (QED) is 0.523. The van der Waals surface area contributed by atoms with Crippen LogP contribution < -0.4 is 9.64 Å². The molecule has 1 amide bonds. The van der Waals surface area contributed by atoms with E-state index in [0.717, 1.165) is 39.8 Å². The van der Waals surface area contributed by atoms with Gasteiger partial charge in [-0.05, 0) is 42.8 Å². The molecule has 1 aromatic heterocycles. The van der Waals surface area contributed by atoms with Crippen molar-refractivity contribution in [2.45, 2.75) is 25.2 Å². The topological polar surface area (TPSA) is 79.8 Å². The molecule has 2 aromatic carbocycles. The summed E-state index contributed by atoms with van der Waals surface area (Å²) in [4.78, 5) is 21.9. The highest BCUT2D eigenvalue weighted by molar-refractivity contribution is 7.91. The van der Waals surface area contributed by atoms with Crippen LogP contribution >= 0.6 is 11.3 Å². The van der Waals surface area contributed by atoms with Crippen molar-refractivity contribution in [3.63, 3.8) is 0 Å². The van der Waals surface area contributed by atoms with E-state index in [-0.39, 0.29) is 18.1 Å². The van der Waals surface area contributed by atoms with Gasteiger partial charge in [0.2, 0.25) is 5.91 Å². The Morgan fingerprint density at radius 1 is 1.06 bits per heavy atom. The molecule has 0 aliphatic carbocycles. The largest absolute Gasteiger partial charge is 0.494 e. The van der Waals surface area contributed by atoms with Gasteiger partial charge in [-0.1, -0.05) is 30.4 Å². The average Bonchev–Trinajstić information content (AvgIpc) is 3.23. The first kappa shape index (κ1) is 22.5. The summed E-state index contributed by atoms with van der Waals surface area (Å²) in [6, 6.07) is 12.6. The van der Waals surface area contributed by atoms with Gasteiger partial charge < -0.3 is 14.5 Å². The van der Waals surface area contributed by atoms with Crippen molar-refractivity contribution in [1.82, 2.24) is 9.88 Å². The molecule has 0 bridgehead atoms. The molecule has 0 unspecified atom stereocenters. The Labute approximate surface area is 192 Å². The summed E-state index contributed by atoms with van der Waals surface area (Å²) in [6.07, 6.45) is 0.272. The lowest BCUT2D eigenvalue weighted by atomic mass is 10.1. The number of fused-ring (bicyclic) bond motifs is 1. The van der Waals surface area contributed by atoms with Crippen LogP contribution in [0.4, 0.5) is 5.13 Å². The van der Waals surface area contributed by atoms with E-state index in [4.69, 9.17) is 9.72 Å². The van der Waals surface area contributed by atoms with Crippen molar-refractivity contribution in [2.75, 3.05) is 43.4 Å². The molecule has 1 fully saturated rings. The molecular formula is C23H27N3O4S2. The van der Waals surface area contributed by atoms with E-state index >= 15 is 0 Å². The minimum Gasteiger partial charge on any atom is -0.494 e. The van der Waals surface area contributed by atoms with Crippen molar-refractivity contribution in [1.29, 1.82) is 0 Å². The second-order valence-electron chi connectivity index (χ2n) is 7.65.